The summed E-state index contributed by atoms with van der Waals surface area (Å²) in [5.74, 6) is 1.30. The fourth-order valence-electron chi connectivity index (χ4n) is 3.36. The van der Waals surface area contributed by atoms with Crippen LogP contribution in [0.5, 0.6) is 11.5 Å². The third kappa shape index (κ3) is 3.45. The van der Waals surface area contributed by atoms with Gasteiger partial charge in [0.1, 0.15) is 11.5 Å². The molecule has 6 nitrogen and oxygen atoms in total. The molecule has 1 amide bonds. The van der Waals surface area contributed by atoms with E-state index in [0.29, 0.717) is 16.4 Å². The van der Waals surface area contributed by atoms with Gasteiger partial charge in [-0.25, -0.2) is 4.98 Å². The third-order valence-electron chi connectivity index (χ3n) is 5.03. The van der Waals surface area contributed by atoms with E-state index < -0.39 is 0 Å². The number of thiazole rings is 1. The number of nitrogens with zero attached hydrogens (tertiary/aromatic N) is 2. The second-order valence-corrected chi connectivity index (χ2v) is 7.48. The van der Waals surface area contributed by atoms with Crippen molar-refractivity contribution in [2.75, 3.05) is 19.5 Å². The summed E-state index contributed by atoms with van der Waals surface area (Å²) in [7, 11) is 5.29. The van der Waals surface area contributed by atoms with Crippen LogP contribution in [0.2, 0.25) is 0 Å². The van der Waals surface area contributed by atoms with Gasteiger partial charge in [-0.05, 0) is 49.4 Å². The Morgan fingerprint density at radius 3 is 2.45 bits per heavy atom. The highest BCUT2D eigenvalue weighted by atomic mass is 32.1. The summed E-state index contributed by atoms with van der Waals surface area (Å²) in [5, 5.41) is 6.47. The maximum atomic E-state index is 12.5. The minimum Gasteiger partial charge on any atom is -0.497 e. The molecule has 2 heterocycles. The molecular weight excluding hydrogens is 386 g/mol. The first-order valence-electron chi connectivity index (χ1n) is 9.06. The molecule has 2 aromatic heterocycles. The van der Waals surface area contributed by atoms with Crippen molar-refractivity contribution in [3.05, 3.63) is 59.1 Å². The Balaban J connectivity index is 1.65. The average molecular weight is 407 g/mol. The van der Waals surface area contributed by atoms with Gasteiger partial charge in [0.15, 0.2) is 5.13 Å². The summed E-state index contributed by atoms with van der Waals surface area (Å²) >= 11 is 1.40. The van der Waals surface area contributed by atoms with E-state index in [-0.39, 0.29) is 5.91 Å². The maximum Gasteiger partial charge on any atom is 0.257 e. The molecule has 0 aliphatic rings. The second kappa shape index (κ2) is 7.60. The van der Waals surface area contributed by atoms with Crippen molar-refractivity contribution >= 4 is 33.3 Å². The van der Waals surface area contributed by atoms with Gasteiger partial charge in [-0.2, -0.15) is 0 Å². The van der Waals surface area contributed by atoms with Crippen LogP contribution in [0.15, 0.2) is 47.8 Å². The van der Waals surface area contributed by atoms with Crippen LogP contribution < -0.4 is 14.8 Å². The Hall–Kier alpha value is -3.32. The summed E-state index contributed by atoms with van der Waals surface area (Å²) in [4.78, 5) is 17.2. The molecule has 2 aromatic carbocycles. The Kier molecular flexibility index (Phi) is 4.98. The number of amides is 1. The van der Waals surface area contributed by atoms with Gasteiger partial charge in [0.25, 0.3) is 5.91 Å². The largest absolute Gasteiger partial charge is 0.497 e. The number of methoxy groups -OCH3 is 2. The number of aryl methyl sites for hydroxylation is 1. The van der Waals surface area contributed by atoms with Crippen LogP contribution in [0.1, 0.15) is 16.1 Å². The summed E-state index contributed by atoms with van der Waals surface area (Å²) < 4.78 is 12.7. The fourth-order valence-corrected chi connectivity index (χ4v) is 4.06. The van der Waals surface area contributed by atoms with Crippen molar-refractivity contribution in [3.8, 4) is 22.8 Å². The minimum absolute atomic E-state index is 0.204. The molecule has 0 fully saturated rings. The number of benzene rings is 2. The number of rotatable bonds is 5. The lowest BCUT2D eigenvalue weighted by molar-refractivity contribution is 0.102. The molecule has 0 aliphatic carbocycles. The van der Waals surface area contributed by atoms with E-state index in [1.54, 1.807) is 38.5 Å². The van der Waals surface area contributed by atoms with Crippen LogP contribution in [0, 0.1) is 6.92 Å². The molecule has 1 N–H and O–H groups in total. The zero-order valence-corrected chi connectivity index (χ0v) is 17.5. The monoisotopic (exact) mass is 407 g/mol. The first-order valence-corrected chi connectivity index (χ1v) is 9.94. The number of hydrogen-bond acceptors (Lipinski definition) is 5. The Bertz CT molecular complexity index is 1190. The van der Waals surface area contributed by atoms with Gasteiger partial charge in [0, 0.05) is 40.2 Å². The Morgan fingerprint density at radius 2 is 1.76 bits per heavy atom. The number of ether oxygens (including phenoxy) is 2. The molecule has 0 spiro atoms. The topological polar surface area (TPSA) is 65.4 Å². The Labute approximate surface area is 172 Å². The SMILES string of the molecule is COc1ccc(C(=O)Nc2nc(-c3c(C)n(C)c4ccc(OC)cc34)cs2)cc1. The van der Waals surface area contributed by atoms with Gasteiger partial charge in [0.2, 0.25) is 0 Å². The van der Waals surface area contributed by atoms with Gasteiger partial charge >= 0.3 is 0 Å². The molecule has 0 unspecified atom stereocenters. The summed E-state index contributed by atoms with van der Waals surface area (Å²) in [6.07, 6.45) is 0. The molecule has 0 saturated heterocycles. The predicted octanol–water partition coefficient (Wildman–Crippen LogP) is 4.88. The molecule has 4 rings (SSSR count). The number of carbonyl (C=O) groups is 1. The highest BCUT2D eigenvalue weighted by molar-refractivity contribution is 7.14. The van der Waals surface area contributed by atoms with Crippen LogP contribution in [-0.2, 0) is 7.05 Å². The molecule has 0 atom stereocenters. The van der Waals surface area contributed by atoms with Crippen LogP contribution in [0.25, 0.3) is 22.2 Å². The van der Waals surface area contributed by atoms with Crippen LogP contribution in [-0.4, -0.2) is 29.7 Å². The van der Waals surface area contributed by atoms with E-state index in [4.69, 9.17) is 9.47 Å². The number of nitrogens with one attached hydrogen (secondary N) is 1. The molecule has 7 heteroatoms. The highest BCUT2D eigenvalue weighted by Crippen LogP contribution is 2.37. The maximum absolute atomic E-state index is 12.5. The van der Waals surface area contributed by atoms with E-state index in [0.717, 1.165) is 33.6 Å². The summed E-state index contributed by atoms with van der Waals surface area (Å²) in [6, 6.07) is 13.0. The summed E-state index contributed by atoms with van der Waals surface area (Å²) in [6.45, 7) is 2.07. The number of aromatic nitrogens is 2. The number of fused-ring (bicyclic) bond motifs is 1. The lowest BCUT2D eigenvalue weighted by Gasteiger charge is -2.03. The minimum atomic E-state index is -0.204. The summed E-state index contributed by atoms with van der Waals surface area (Å²) in [5.41, 5.74) is 4.63. The van der Waals surface area contributed by atoms with E-state index in [1.165, 1.54) is 11.3 Å². The lowest BCUT2D eigenvalue weighted by Crippen LogP contribution is -2.11. The van der Waals surface area contributed by atoms with E-state index in [1.807, 2.05) is 30.6 Å². The van der Waals surface area contributed by atoms with E-state index >= 15 is 0 Å². The van der Waals surface area contributed by atoms with Gasteiger partial charge in [-0.3, -0.25) is 10.1 Å². The highest BCUT2D eigenvalue weighted by Gasteiger charge is 2.18. The predicted molar refractivity (Wildman–Crippen MR) is 116 cm³/mol. The van der Waals surface area contributed by atoms with Crippen molar-refractivity contribution in [1.82, 2.24) is 9.55 Å². The molecule has 0 saturated carbocycles. The molecule has 0 aliphatic heterocycles. The number of carbonyl (C=O) groups excluding carboxylic acids is 1. The van der Waals surface area contributed by atoms with Gasteiger partial charge < -0.3 is 14.0 Å². The van der Waals surface area contributed by atoms with Crippen molar-refractivity contribution in [2.24, 2.45) is 7.05 Å². The molecule has 0 radical (unpaired) electrons. The van der Waals surface area contributed by atoms with E-state index in [2.05, 4.69) is 21.8 Å². The van der Waals surface area contributed by atoms with Crippen molar-refractivity contribution < 1.29 is 14.3 Å². The van der Waals surface area contributed by atoms with Crippen LogP contribution in [0.3, 0.4) is 0 Å². The molecular formula is C22H21N3O3S. The Morgan fingerprint density at radius 1 is 1.07 bits per heavy atom. The quantitative estimate of drug-likeness (QED) is 0.512. The van der Waals surface area contributed by atoms with Gasteiger partial charge in [0.05, 0.1) is 19.9 Å². The standard InChI is InChI=1S/C22H21N3O3S/c1-13-20(17-11-16(28-4)9-10-19(17)25(13)2)18-12-29-22(23-18)24-21(26)14-5-7-15(27-3)8-6-14/h5-12H,1-4H3,(H,23,24,26). The smallest absolute Gasteiger partial charge is 0.257 e. The van der Waals surface area contributed by atoms with Crippen LogP contribution in [0.4, 0.5) is 5.13 Å². The molecule has 4 aromatic rings. The second-order valence-electron chi connectivity index (χ2n) is 6.62. The average Bonchev–Trinajstić information content (AvgIpc) is 3.30. The first-order chi connectivity index (χ1) is 14.0. The lowest BCUT2D eigenvalue weighted by atomic mass is 10.1. The fraction of sp³-hybridized carbons (Fsp3) is 0.182. The zero-order valence-electron chi connectivity index (χ0n) is 16.6. The van der Waals surface area contributed by atoms with Crippen molar-refractivity contribution in [3.63, 3.8) is 0 Å². The normalized spacial score (nSPS) is 10.9. The molecule has 29 heavy (non-hydrogen) atoms. The van der Waals surface area contributed by atoms with Crippen molar-refractivity contribution in [2.45, 2.75) is 6.92 Å². The van der Waals surface area contributed by atoms with Gasteiger partial charge in [-0.15, -0.1) is 11.3 Å². The first kappa shape index (κ1) is 19.0. The van der Waals surface area contributed by atoms with E-state index in [9.17, 15) is 4.79 Å². The van der Waals surface area contributed by atoms with Gasteiger partial charge in [-0.1, -0.05) is 0 Å². The van der Waals surface area contributed by atoms with Crippen molar-refractivity contribution in [1.29, 1.82) is 0 Å². The molecule has 0 bridgehead atoms. The third-order valence-corrected chi connectivity index (χ3v) is 5.79. The number of hydrogen-bond donors (Lipinski definition) is 1. The zero-order chi connectivity index (χ0) is 20.5. The van der Waals surface area contributed by atoms with Crippen LogP contribution >= 0.6 is 11.3 Å². The number of anilines is 1. The molecule has 148 valence electrons.